The number of benzene rings is 2. The smallest absolute Gasteiger partial charge is 0.290 e. The van der Waals surface area contributed by atoms with Gasteiger partial charge in [-0.25, -0.2) is 9.37 Å². The zero-order valence-corrected chi connectivity index (χ0v) is 23.0. The number of piperazine rings is 1. The number of amidine groups is 2. The van der Waals surface area contributed by atoms with Crippen LogP contribution < -0.4 is 0 Å². The van der Waals surface area contributed by atoms with Crippen LogP contribution in [0.4, 0.5) is 4.79 Å². The van der Waals surface area contributed by atoms with Crippen LogP contribution in [0.3, 0.4) is 0 Å². The quantitative estimate of drug-likeness (QED) is 0.507. The molecule has 2 saturated heterocycles. The highest BCUT2D eigenvalue weighted by Crippen LogP contribution is 2.29. The highest BCUT2D eigenvalue weighted by atomic mass is 16.2. The molecule has 1 atom stereocenters. The molecule has 3 heterocycles. The number of aliphatic imine (C=N–C) groups is 1. The molecule has 200 valence electrons. The van der Waals surface area contributed by atoms with Crippen molar-refractivity contribution >= 4 is 23.6 Å². The Hall–Kier alpha value is -3.36. The number of likely N-dealkylation sites (N-methyl/N-ethyl adjacent to an activating group) is 2. The van der Waals surface area contributed by atoms with E-state index >= 15 is 0 Å². The van der Waals surface area contributed by atoms with Gasteiger partial charge in [0, 0.05) is 40.3 Å². The summed E-state index contributed by atoms with van der Waals surface area (Å²) in [6, 6.07) is 20.8. The first-order valence-electron chi connectivity index (χ1n) is 13.7. The molecule has 0 bridgehead atoms. The molecule has 0 spiro atoms. The summed E-state index contributed by atoms with van der Waals surface area (Å²) < 4.78 is 2.14. The normalized spacial score (nSPS) is 21.1. The maximum absolute atomic E-state index is 13.2. The maximum Gasteiger partial charge on any atom is 0.333 e. The van der Waals surface area contributed by atoms with E-state index in [1.165, 1.54) is 20.9 Å². The van der Waals surface area contributed by atoms with Crippen molar-refractivity contribution in [3.05, 3.63) is 71.8 Å². The molecule has 0 N–H and O–H groups in total. The van der Waals surface area contributed by atoms with Crippen LogP contribution in [0.2, 0.25) is 0 Å². The summed E-state index contributed by atoms with van der Waals surface area (Å²) in [5.41, 5.74) is 2.62. The van der Waals surface area contributed by atoms with Crippen molar-refractivity contribution in [1.82, 2.24) is 19.6 Å². The Labute approximate surface area is 225 Å². The van der Waals surface area contributed by atoms with Gasteiger partial charge in [-0.05, 0) is 28.5 Å². The van der Waals surface area contributed by atoms with Gasteiger partial charge in [0.05, 0.1) is 12.6 Å². The van der Waals surface area contributed by atoms with Gasteiger partial charge in [-0.3, -0.25) is 24.4 Å². The van der Waals surface area contributed by atoms with Crippen molar-refractivity contribution in [2.24, 2.45) is 10.9 Å². The zero-order valence-electron chi connectivity index (χ0n) is 23.0. The summed E-state index contributed by atoms with van der Waals surface area (Å²) >= 11 is 0. The van der Waals surface area contributed by atoms with Crippen molar-refractivity contribution in [1.29, 1.82) is 0 Å². The van der Waals surface area contributed by atoms with Gasteiger partial charge in [0.1, 0.15) is 6.54 Å². The van der Waals surface area contributed by atoms with E-state index in [0.29, 0.717) is 18.3 Å². The Morgan fingerprint density at radius 3 is 2.00 bits per heavy atom. The Kier molecular flexibility index (Phi) is 7.72. The van der Waals surface area contributed by atoms with E-state index in [-0.39, 0.29) is 18.0 Å². The molecule has 38 heavy (non-hydrogen) atoms. The predicted molar refractivity (Wildman–Crippen MR) is 149 cm³/mol. The lowest BCUT2D eigenvalue weighted by molar-refractivity contribution is -0.537. The van der Waals surface area contributed by atoms with Crippen molar-refractivity contribution in [3.63, 3.8) is 0 Å². The number of amides is 3. The standard InChI is InChI=1S/C30H39N6O2/c1-22(2)15-16-36-25(31-28-27(36)29(37)33(4)30(38)32(28)3)21-34-17-19-35(20-18-34)26(23-11-7-5-8-12-23)24-13-9-6-10-14-24/h5-14,22,26-27H,15-21H2,1-4H3/q+1. The molecule has 3 aliphatic heterocycles. The number of carbonyl (C=O) groups excluding carboxylic acids is 2. The first-order valence-corrected chi connectivity index (χ1v) is 13.7. The number of fused-ring (bicyclic) bond motifs is 1. The number of urea groups is 1. The minimum Gasteiger partial charge on any atom is -0.290 e. The molecule has 1 unspecified atom stereocenters. The summed E-state index contributed by atoms with van der Waals surface area (Å²) in [7, 11) is 3.28. The van der Waals surface area contributed by atoms with Crippen molar-refractivity contribution in [2.45, 2.75) is 32.4 Å². The zero-order chi connectivity index (χ0) is 26.8. The number of hydrogen-bond donors (Lipinski definition) is 0. The van der Waals surface area contributed by atoms with Gasteiger partial charge in [-0.1, -0.05) is 74.5 Å². The largest absolute Gasteiger partial charge is 0.333 e. The van der Waals surface area contributed by atoms with Gasteiger partial charge < -0.3 is 0 Å². The Morgan fingerprint density at radius 2 is 1.45 bits per heavy atom. The lowest BCUT2D eigenvalue weighted by Crippen LogP contribution is -2.61. The third kappa shape index (κ3) is 5.15. The van der Waals surface area contributed by atoms with Crippen LogP contribution in [0.5, 0.6) is 0 Å². The second kappa shape index (κ2) is 11.2. The van der Waals surface area contributed by atoms with E-state index in [1.54, 1.807) is 14.1 Å². The van der Waals surface area contributed by atoms with Crippen LogP contribution in [0.1, 0.15) is 37.4 Å². The maximum atomic E-state index is 13.2. The Morgan fingerprint density at radius 1 is 0.868 bits per heavy atom. The van der Waals surface area contributed by atoms with Crippen molar-refractivity contribution < 1.29 is 14.2 Å². The van der Waals surface area contributed by atoms with Crippen LogP contribution >= 0.6 is 0 Å². The fourth-order valence-electron chi connectivity index (χ4n) is 5.69. The number of carbonyl (C=O) groups is 2. The molecule has 8 nitrogen and oxygen atoms in total. The van der Waals surface area contributed by atoms with Crippen LogP contribution in [0, 0.1) is 5.92 Å². The number of nitrogens with zero attached hydrogens (tertiary/aromatic N) is 6. The topological polar surface area (TPSA) is 62.5 Å². The fraction of sp³-hybridized carbons (Fsp3) is 0.467. The number of rotatable bonds is 8. The van der Waals surface area contributed by atoms with Gasteiger partial charge in [-0.2, -0.15) is 0 Å². The second-order valence-electron chi connectivity index (χ2n) is 10.9. The van der Waals surface area contributed by atoms with E-state index in [9.17, 15) is 9.59 Å². The third-order valence-corrected chi connectivity index (χ3v) is 7.93. The van der Waals surface area contributed by atoms with E-state index in [4.69, 9.17) is 4.99 Å². The average Bonchev–Trinajstić information content (AvgIpc) is 3.30. The summed E-state index contributed by atoms with van der Waals surface area (Å²) in [5.74, 6) is 1.77. The molecule has 8 heteroatoms. The molecule has 0 radical (unpaired) electrons. The average molecular weight is 516 g/mol. The summed E-state index contributed by atoms with van der Waals surface area (Å²) in [4.78, 5) is 38.4. The van der Waals surface area contributed by atoms with E-state index < -0.39 is 6.04 Å². The molecule has 0 aromatic heterocycles. The van der Waals surface area contributed by atoms with Gasteiger partial charge >= 0.3 is 11.9 Å². The van der Waals surface area contributed by atoms with E-state index in [1.807, 2.05) is 0 Å². The molecule has 2 fully saturated rings. The van der Waals surface area contributed by atoms with Crippen LogP contribution in [0.15, 0.2) is 65.7 Å². The highest BCUT2D eigenvalue weighted by Gasteiger charge is 2.53. The first-order chi connectivity index (χ1) is 18.3. The predicted octanol–water partition coefficient (Wildman–Crippen LogP) is 3.16. The van der Waals surface area contributed by atoms with E-state index in [0.717, 1.165) is 45.0 Å². The summed E-state index contributed by atoms with van der Waals surface area (Å²) in [5, 5.41) is 0. The molecule has 2 aromatic rings. The lowest BCUT2D eigenvalue weighted by atomic mass is 9.96. The van der Waals surface area contributed by atoms with Crippen molar-refractivity contribution in [3.8, 4) is 0 Å². The minimum atomic E-state index is -0.515. The Bertz CT molecular complexity index is 1180. The molecule has 0 saturated carbocycles. The van der Waals surface area contributed by atoms with E-state index in [2.05, 4.69) is 88.9 Å². The molecular weight excluding hydrogens is 476 g/mol. The summed E-state index contributed by atoms with van der Waals surface area (Å²) in [6.07, 6.45) is 0.959. The molecule has 5 rings (SSSR count). The highest BCUT2D eigenvalue weighted by molar-refractivity contribution is 6.23. The molecule has 0 aliphatic carbocycles. The van der Waals surface area contributed by atoms with Crippen LogP contribution in [-0.2, 0) is 4.79 Å². The molecule has 3 aliphatic rings. The fourth-order valence-corrected chi connectivity index (χ4v) is 5.69. The van der Waals surface area contributed by atoms with Crippen LogP contribution in [0.25, 0.3) is 0 Å². The first kappa shape index (κ1) is 26.3. The minimum absolute atomic E-state index is 0.191. The summed E-state index contributed by atoms with van der Waals surface area (Å²) in [6.45, 7) is 9.50. The number of imide groups is 1. The van der Waals surface area contributed by atoms with Crippen molar-refractivity contribution in [2.75, 3.05) is 53.4 Å². The Balaban J connectivity index is 1.34. The van der Waals surface area contributed by atoms with Gasteiger partial charge in [-0.15, -0.1) is 0 Å². The SMILES string of the molecule is CC(C)CC[N+]1=C(CN2CCN(C(c3ccccc3)c3ccccc3)CC2)N=C2C1C(=O)N(C)C(=O)N2C. The van der Waals surface area contributed by atoms with Gasteiger partial charge in [0.25, 0.3) is 17.8 Å². The lowest BCUT2D eigenvalue weighted by Gasteiger charge is -2.39. The third-order valence-electron chi connectivity index (χ3n) is 7.93. The molecular formula is C30H39N6O2+. The second-order valence-corrected chi connectivity index (χ2v) is 10.9. The van der Waals surface area contributed by atoms with Gasteiger partial charge in [0.2, 0.25) is 0 Å². The molecule has 3 amide bonds. The monoisotopic (exact) mass is 515 g/mol. The molecule has 2 aromatic carbocycles. The van der Waals surface area contributed by atoms with Gasteiger partial charge in [0.15, 0.2) is 0 Å². The number of hydrogen-bond acceptors (Lipinski definition) is 5. The van der Waals surface area contributed by atoms with Crippen LogP contribution in [-0.4, -0.2) is 107 Å².